The molecule has 1 unspecified atom stereocenters. The van der Waals surface area contributed by atoms with Crippen LogP contribution in [0.2, 0.25) is 0 Å². The second-order valence-corrected chi connectivity index (χ2v) is 5.66. The van der Waals surface area contributed by atoms with E-state index in [1.165, 1.54) is 17.1 Å². The van der Waals surface area contributed by atoms with Crippen molar-refractivity contribution >= 4 is 17.2 Å². The highest BCUT2D eigenvalue weighted by Gasteiger charge is 2.17. The predicted molar refractivity (Wildman–Crippen MR) is 89.7 cm³/mol. The molecular formula is C17H17N3OS. The summed E-state index contributed by atoms with van der Waals surface area (Å²) in [6.07, 6.45) is 1.61. The van der Waals surface area contributed by atoms with Gasteiger partial charge in [0.1, 0.15) is 17.1 Å². The number of anilines is 1. The van der Waals surface area contributed by atoms with Crippen LogP contribution in [0.1, 0.15) is 16.5 Å². The minimum atomic E-state index is 0.191. The zero-order chi connectivity index (χ0) is 15.2. The highest BCUT2D eigenvalue weighted by molar-refractivity contribution is 7.05. The van der Waals surface area contributed by atoms with Gasteiger partial charge in [-0.25, -0.2) is 4.98 Å². The van der Waals surface area contributed by atoms with Crippen LogP contribution in [0.5, 0.6) is 5.75 Å². The summed E-state index contributed by atoms with van der Waals surface area (Å²) in [5, 5.41) is 4.49. The quantitative estimate of drug-likeness (QED) is 0.752. The fourth-order valence-electron chi connectivity index (χ4n) is 2.30. The van der Waals surface area contributed by atoms with Crippen molar-refractivity contribution in [2.24, 2.45) is 0 Å². The average Bonchev–Trinajstić information content (AvgIpc) is 3.11. The number of aromatic nitrogens is 2. The fraction of sp³-hybridized carbons (Fsp3) is 0.176. The lowest BCUT2D eigenvalue weighted by atomic mass is 9.99. The molecule has 112 valence electrons. The number of nitrogens with zero attached hydrogens (tertiary/aromatic N) is 2. The molecule has 0 aliphatic rings. The lowest BCUT2D eigenvalue weighted by Crippen LogP contribution is -2.13. The molecule has 3 rings (SSSR count). The van der Waals surface area contributed by atoms with E-state index in [9.17, 15) is 0 Å². The Balaban J connectivity index is 1.76. The predicted octanol–water partition coefficient (Wildman–Crippen LogP) is 3.79. The molecule has 0 bridgehead atoms. The van der Waals surface area contributed by atoms with E-state index in [4.69, 9.17) is 4.74 Å². The van der Waals surface area contributed by atoms with Gasteiger partial charge >= 0.3 is 0 Å². The van der Waals surface area contributed by atoms with Crippen molar-refractivity contribution in [2.45, 2.75) is 5.92 Å². The molecule has 0 saturated carbocycles. The highest BCUT2D eigenvalue weighted by atomic mass is 32.1. The zero-order valence-electron chi connectivity index (χ0n) is 12.3. The molecule has 5 heteroatoms. The van der Waals surface area contributed by atoms with Gasteiger partial charge in [0.2, 0.25) is 0 Å². The van der Waals surface area contributed by atoms with Gasteiger partial charge in [-0.1, -0.05) is 30.3 Å². The second kappa shape index (κ2) is 7.04. The third-order valence-corrected chi connectivity index (χ3v) is 4.26. The molecule has 1 aromatic heterocycles. The van der Waals surface area contributed by atoms with Gasteiger partial charge in [-0.3, -0.25) is 0 Å². The number of nitrogens with one attached hydrogen (secondary N) is 1. The van der Waals surface area contributed by atoms with Gasteiger partial charge in [0.25, 0.3) is 0 Å². The number of hydrogen-bond acceptors (Lipinski definition) is 5. The van der Waals surface area contributed by atoms with Crippen LogP contribution in [0, 0.1) is 0 Å². The van der Waals surface area contributed by atoms with E-state index < -0.39 is 0 Å². The highest BCUT2D eigenvalue weighted by Crippen LogP contribution is 2.26. The van der Waals surface area contributed by atoms with Gasteiger partial charge in [-0.2, -0.15) is 4.37 Å². The molecular weight excluding hydrogens is 294 g/mol. The number of rotatable bonds is 6. The lowest BCUT2D eigenvalue weighted by molar-refractivity contribution is 0.415. The van der Waals surface area contributed by atoms with Crippen LogP contribution in [0.25, 0.3) is 0 Å². The van der Waals surface area contributed by atoms with Crippen LogP contribution in [-0.2, 0) is 0 Å². The van der Waals surface area contributed by atoms with Gasteiger partial charge in [-0.05, 0) is 41.4 Å². The maximum absolute atomic E-state index is 5.18. The molecule has 1 atom stereocenters. The third-order valence-electron chi connectivity index (χ3n) is 3.48. The minimum Gasteiger partial charge on any atom is -0.497 e. The zero-order valence-corrected chi connectivity index (χ0v) is 13.1. The summed E-state index contributed by atoms with van der Waals surface area (Å²) in [6.45, 7) is 0.769. The van der Waals surface area contributed by atoms with Crippen molar-refractivity contribution in [3.63, 3.8) is 0 Å². The molecule has 1 N–H and O–H groups in total. The van der Waals surface area contributed by atoms with E-state index in [0.29, 0.717) is 0 Å². The Hall–Kier alpha value is -2.40. The monoisotopic (exact) mass is 311 g/mol. The van der Waals surface area contributed by atoms with Crippen molar-refractivity contribution in [1.82, 2.24) is 9.36 Å². The Morgan fingerprint density at radius 1 is 1.09 bits per heavy atom. The van der Waals surface area contributed by atoms with E-state index >= 15 is 0 Å². The van der Waals surface area contributed by atoms with Gasteiger partial charge in [-0.15, -0.1) is 0 Å². The Kier molecular flexibility index (Phi) is 4.65. The number of methoxy groups -OCH3 is 1. The lowest BCUT2D eigenvalue weighted by Gasteiger charge is -2.16. The Morgan fingerprint density at radius 2 is 1.86 bits per heavy atom. The van der Waals surface area contributed by atoms with Gasteiger partial charge in [0, 0.05) is 12.2 Å². The normalized spacial score (nSPS) is 11.9. The van der Waals surface area contributed by atoms with Crippen LogP contribution in [0.15, 0.2) is 60.9 Å². The summed E-state index contributed by atoms with van der Waals surface area (Å²) >= 11 is 1.45. The van der Waals surface area contributed by atoms with Crippen molar-refractivity contribution in [3.05, 3.63) is 71.5 Å². The standard InChI is InChI=1S/C17H17N3OS/c1-21-15-9-7-14(8-10-15)18-11-16(17-19-12-20-22-17)13-5-3-2-4-6-13/h2-10,12,16,18H,11H2,1H3. The van der Waals surface area contributed by atoms with Crippen molar-refractivity contribution in [2.75, 3.05) is 19.0 Å². The maximum atomic E-state index is 5.18. The SMILES string of the molecule is COc1ccc(NCC(c2ccccc2)c2ncns2)cc1. The summed E-state index contributed by atoms with van der Waals surface area (Å²) in [4.78, 5) is 4.38. The summed E-state index contributed by atoms with van der Waals surface area (Å²) in [7, 11) is 1.67. The second-order valence-electron chi connectivity index (χ2n) is 4.85. The van der Waals surface area contributed by atoms with E-state index in [1.54, 1.807) is 13.4 Å². The van der Waals surface area contributed by atoms with Crippen molar-refractivity contribution in [1.29, 1.82) is 0 Å². The summed E-state index contributed by atoms with van der Waals surface area (Å²) in [5.41, 5.74) is 2.30. The van der Waals surface area contributed by atoms with E-state index in [2.05, 4.69) is 38.9 Å². The first-order valence-electron chi connectivity index (χ1n) is 7.06. The molecule has 0 aliphatic carbocycles. The van der Waals surface area contributed by atoms with Gasteiger partial charge in [0.05, 0.1) is 13.0 Å². The maximum Gasteiger partial charge on any atom is 0.129 e. The molecule has 0 fully saturated rings. The molecule has 3 aromatic rings. The molecule has 4 nitrogen and oxygen atoms in total. The molecule has 0 amide bonds. The molecule has 0 radical (unpaired) electrons. The van der Waals surface area contributed by atoms with Crippen LogP contribution >= 0.6 is 11.5 Å². The van der Waals surface area contributed by atoms with Crippen LogP contribution in [0.4, 0.5) is 5.69 Å². The summed E-state index contributed by atoms with van der Waals surface area (Å²) in [5.74, 6) is 1.05. The first-order chi connectivity index (χ1) is 10.9. The van der Waals surface area contributed by atoms with E-state index in [0.717, 1.165) is 23.0 Å². The molecule has 0 spiro atoms. The first-order valence-corrected chi connectivity index (χ1v) is 7.83. The topological polar surface area (TPSA) is 47.0 Å². The Labute approximate surface area is 134 Å². The summed E-state index contributed by atoms with van der Waals surface area (Å²) < 4.78 is 9.31. The average molecular weight is 311 g/mol. The smallest absolute Gasteiger partial charge is 0.129 e. The van der Waals surface area contributed by atoms with Gasteiger partial charge < -0.3 is 10.1 Å². The van der Waals surface area contributed by atoms with Crippen LogP contribution in [0.3, 0.4) is 0 Å². The molecule has 0 saturated heterocycles. The van der Waals surface area contributed by atoms with E-state index in [-0.39, 0.29) is 5.92 Å². The fourth-order valence-corrected chi connectivity index (χ4v) is 2.94. The number of hydrogen-bond donors (Lipinski definition) is 1. The molecule has 2 aromatic carbocycles. The minimum absolute atomic E-state index is 0.191. The number of ether oxygens (including phenoxy) is 1. The van der Waals surface area contributed by atoms with E-state index in [1.807, 2.05) is 30.3 Å². The van der Waals surface area contributed by atoms with Crippen molar-refractivity contribution < 1.29 is 4.74 Å². The third kappa shape index (κ3) is 3.43. The van der Waals surface area contributed by atoms with Crippen LogP contribution < -0.4 is 10.1 Å². The Bertz CT molecular complexity index is 684. The first kappa shape index (κ1) is 14.5. The molecule has 22 heavy (non-hydrogen) atoms. The van der Waals surface area contributed by atoms with Gasteiger partial charge in [0.15, 0.2) is 0 Å². The largest absolute Gasteiger partial charge is 0.497 e. The summed E-state index contributed by atoms with van der Waals surface area (Å²) in [6, 6.07) is 18.3. The van der Waals surface area contributed by atoms with Crippen molar-refractivity contribution in [3.8, 4) is 5.75 Å². The Morgan fingerprint density at radius 3 is 2.50 bits per heavy atom. The van der Waals surface area contributed by atoms with Crippen LogP contribution in [-0.4, -0.2) is 23.0 Å². The molecule has 1 heterocycles. The molecule has 0 aliphatic heterocycles. The number of benzene rings is 2.